The fraction of sp³-hybridized carbons (Fsp3) is 0.435. The van der Waals surface area contributed by atoms with Gasteiger partial charge < -0.3 is 4.90 Å². The Morgan fingerprint density at radius 1 is 1.17 bits per heavy atom. The quantitative estimate of drug-likeness (QED) is 0.583. The Morgan fingerprint density at radius 2 is 1.90 bits per heavy atom. The number of nitrogens with zero attached hydrogens (tertiary/aromatic N) is 5. The molecule has 3 rings (SSSR count). The highest BCUT2D eigenvalue weighted by Gasteiger charge is 2.16. The molecule has 0 aliphatic heterocycles. The fourth-order valence-electron chi connectivity index (χ4n) is 3.57. The topological polar surface area (TPSA) is 56.0 Å². The van der Waals surface area contributed by atoms with Gasteiger partial charge in [-0.1, -0.05) is 32.0 Å². The van der Waals surface area contributed by atoms with Crippen molar-refractivity contribution in [3.8, 4) is 5.69 Å². The first kappa shape index (κ1) is 20.8. The van der Waals surface area contributed by atoms with Crippen LogP contribution < -0.4 is 0 Å². The van der Waals surface area contributed by atoms with Crippen molar-refractivity contribution in [2.45, 2.75) is 53.6 Å². The van der Waals surface area contributed by atoms with E-state index in [2.05, 4.69) is 35.7 Å². The second-order valence-electron chi connectivity index (χ2n) is 8.10. The summed E-state index contributed by atoms with van der Waals surface area (Å²) >= 11 is 0. The number of carbonyl (C=O) groups excluding carboxylic acids is 1. The molecular weight excluding hydrogens is 362 g/mol. The maximum atomic E-state index is 12.7. The highest BCUT2D eigenvalue weighted by molar-refractivity contribution is 5.76. The van der Waals surface area contributed by atoms with Crippen LogP contribution in [-0.4, -0.2) is 37.4 Å². The molecule has 0 fully saturated rings. The molecule has 3 aromatic rings. The number of para-hydroxylation sites is 1. The number of benzene rings is 1. The lowest BCUT2D eigenvalue weighted by molar-refractivity contribution is -0.130. The van der Waals surface area contributed by atoms with E-state index in [1.165, 1.54) is 11.3 Å². The SMILES string of the molecule is Cc1nn(CC(C)C)c(C)c1CCC(=O)N(C)Cc1cnn(-c2ccccc2)c1. The van der Waals surface area contributed by atoms with E-state index in [-0.39, 0.29) is 5.91 Å². The van der Waals surface area contributed by atoms with Gasteiger partial charge in [0, 0.05) is 44.0 Å². The molecule has 0 aliphatic carbocycles. The third-order valence-electron chi connectivity index (χ3n) is 5.16. The number of rotatable bonds is 8. The van der Waals surface area contributed by atoms with Crippen molar-refractivity contribution < 1.29 is 4.79 Å². The van der Waals surface area contributed by atoms with Gasteiger partial charge >= 0.3 is 0 Å². The Balaban J connectivity index is 1.58. The monoisotopic (exact) mass is 393 g/mol. The molecule has 0 saturated heterocycles. The summed E-state index contributed by atoms with van der Waals surface area (Å²) in [7, 11) is 1.85. The van der Waals surface area contributed by atoms with Crippen molar-refractivity contribution >= 4 is 5.91 Å². The van der Waals surface area contributed by atoms with E-state index < -0.39 is 0 Å². The average Bonchev–Trinajstić information content (AvgIpc) is 3.25. The first-order valence-corrected chi connectivity index (χ1v) is 10.2. The molecule has 0 atom stereocenters. The Labute approximate surface area is 173 Å². The van der Waals surface area contributed by atoms with Gasteiger partial charge in [0.2, 0.25) is 5.91 Å². The van der Waals surface area contributed by atoms with Crippen LogP contribution >= 0.6 is 0 Å². The van der Waals surface area contributed by atoms with E-state index in [4.69, 9.17) is 0 Å². The van der Waals surface area contributed by atoms with E-state index in [0.717, 1.165) is 29.9 Å². The Kier molecular flexibility index (Phi) is 6.52. The molecule has 0 N–H and O–H groups in total. The molecule has 2 heterocycles. The summed E-state index contributed by atoms with van der Waals surface area (Å²) in [6.45, 7) is 9.97. The first-order chi connectivity index (χ1) is 13.8. The maximum Gasteiger partial charge on any atom is 0.222 e. The van der Waals surface area contributed by atoms with Gasteiger partial charge in [-0.15, -0.1) is 0 Å². The average molecular weight is 394 g/mol. The number of amides is 1. The Hall–Kier alpha value is -2.89. The summed E-state index contributed by atoms with van der Waals surface area (Å²) < 4.78 is 3.91. The lowest BCUT2D eigenvalue weighted by Gasteiger charge is -2.16. The molecule has 0 unspecified atom stereocenters. The van der Waals surface area contributed by atoms with Gasteiger partial charge in [0.15, 0.2) is 0 Å². The van der Waals surface area contributed by atoms with Crippen molar-refractivity contribution in [2.75, 3.05) is 7.05 Å². The van der Waals surface area contributed by atoms with Crippen LogP contribution in [0.4, 0.5) is 0 Å². The van der Waals surface area contributed by atoms with Crippen molar-refractivity contribution in [3.63, 3.8) is 0 Å². The summed E-state index contributed by atoms with van der Waals surface area (Å²) in [5.41, 5.74) is 5.43. The molecule has 2 aromatic heterocycles. The second-order valence-corrected chi connectivity index (χ2v) is 8.10. The van der Waals surface area contributed by atoms with E-state index in [1.807, 2.05) is 61.4 Å². The Bertz CT molecular complexity index is 955. The van der Waals surface area contributed by atoms with Gasteiger partial charge in [-0.2, -0.15) is 10.2 Å². The zero-order chi connectivity index (χ0) is 21.0. The fourth-order valence-corrected chi connectivity index (χ4v) is 3.57. The van der Waals surface area contributed by atoms with Gasteiger partial charge in [0.1, 0.15) is 0 Å². The van der Waals surface area contributed by atoms with Crippen molar-refractivity contribution in [2.24, 2.45) is 5.92 Å². The number of aromatic nitrogens is 4. The maximum absolute atomic E-state index is 12.7. The van der Waals surface area contributed by atoms with E-state index >= 15 is 0 Å². The van der Waals surface area contributed by atoms with Gasteiger partial charge in [0.25, 0.3) is 0 Å². The van der Waals surface area contributed by atoms with Crippen LogP contribution in [-0.2, 0) is 24.3 Å². The molecule has 0 saturated carbocycles. The molecule has 0 bridgehead atoms. The molecule has 0 aliphatic rings. The zero-order valence-corrected chi connectivity index (χ0v) is 18.1. The van der Waals surface area contributed by atoms with Crippen LogP contribution in [0.15, 0.2) is 42.7 Å². The molecule has 154 valence electrons. The third kappa shape index (κ3) is 5.13. The molecule has 1 aromatic carbocycles. The molecule has 0 spiro atoms. The van der Waals surface area contributed by atoms with Gasteiger partial charge in [-0.05, 0) is 43.9 Å². The summed E-state index contributed by atoms with van der Waals surface area (Å²) in [6.07, 6.45) is 5.00. The van der Waals surface area contributed by atoms with Crippen LogP contribution in [0.1, 0.15) is 42.8 Å². The van der Waals surface area contributed by atoms with Crippen molar-refractivity contribution in [1.82, 2.24) is 24.5 Å². The zero-order valence-electron chi connectivity index (χ0n) is 18.1. The van der Waals surface area contributed by atoms with Gasteiger partial charge in [-0.3, -0.25) is 9.48 Å². The number of carbonyl (C=O) groups is 1. The van der Waals surface area contributed by atoms with Crippen LogP contribution in [0.2, 0.25) is 0 Å². The van der Waals surface area contributed by atoms with Crippen molar-refractivity contribution in [3.05, 3.63) is 65.2 Å². The highest BCUT2D eigenvalue weighted by atomic mass is 16.2. The minimum atomic E-state index is 0.132. The van der Waals surface area contributed by atoms with E-state index in [0.29, 0.717) is 18.9 Å². The summed E-state index contributed by atoms with van der Waals surface area (Å²) in [5, 5.41) is 9.06. The molecule has 1 amide bonds. The van der Waals surface area contributed by atoms with Crippen LogP contribution in [0.25, 0.3) is 5.69 Å². The minimum absolute atomic E-state index is 0.132. The number of hydrogen-bond donors (Lipinski definition) is 0. The number of hydrogen-bond acceptors (Lipinski definition) is 3. The van der Waals surface area contributed by atoms with Gasteiger partial charge in [-0.25, -0.2) is 4.68 Å². The predicted molar refractivity (Wildman–Crippen MR) is 115 cm³/mol. The second kappa shape index (κ2) is 9.07. The van der Waals surface area contributed by atoms with Crippen LogP contribution in [0.3, 0.4) is 0 Å². The standard InChI is InChI=1S/C23H31N5O/c1-17(2)14-27-19(4)22(18(3)25-27)11-12-23(29)26(5)15-20-13-24-28(16-20)21-9-7-6-8-10-21/h6-10,13,16-17H,11-12,14-15H2,1-5H3. The largest absolute Gasteiger partial charge is 0.341 e. The smallest absolute Gasteiger partial charge is 0.222 e. The summed E-state index contributed by atoms with van der Waals surface area (Å²) in [6, 6.07) is 9.97. The third-order valence-corrected chi connectivity index (χ3v) is 5.16. The minimum Gasteiger partial charge on any atom is -0.341 e. The van der Waals surface area contributed by atoms with E-state index in [1.54, 1.807) is 4.90 Å². The molecular formula is C23H31N5O. The molecule has 0 radical (unpaired) electrons. The normalized spacial score (nSPS) is 11.2. The lowest BCUT2D eigenvalue weighted by atomic mass is 10.1. The number of aryl methyl sites for hydroxylation is 1. The molecule has 6 heteroatoms. The van der Waals surface area contributed by atoms with E-state index in [9.17, 15) is 4.79 Å². The van der Waals surface area contributed by atoms with Crippen LogP contribution in [0.5, 0.6) is 0 Å². The lowest BCUT2D eigenvalue weighted by Crippen LogP contribution is -2.26. The van der Waals surface area contributed by atoms with Gasteiger partial charge in [0.05, 0.1) is 17.6 Å². The molecule has 6 nitrogen and oxygen atoms in total. The first-order valence-electron chi connectivity index (χ1n) is 10.2. The summed E-state index contributed by atoms with van der Waals surface area (Å²) in [4.78, 5) is 14.4. The predicted octanol–water partition coefficient (Wildman–Crippen LogP) is 3.93. The summed E-state index contributed by atoms with van der Waals surface area (Å²) in [5.74, 6) is 0.679. The Morgan fingerprint density at radius 3 is 2.59 bits per heavy atom. The highest BCUT2D eigenvalue weighted by Crippen LogP contribution is 2.17. The van der Waals surface area contributed by atoms with Crippen molar-refractivity contribution in [1.29, 1.82) is 0 Å². The van der Waals surface area contributed by atoms with Crippen LogP contribution in [0, 0.1) is 19.8 Å². The molecule has 29 heavy (non-hydrogen) atoms.